The first-order chi connectivity index (χ1) is 14.3. The van der Waals surface area contributed by atoms with Gasteiger partial charge >= 0.3 is 0 Å². The van der Waals surface area contributed by atoms with E-state index in [4.69, 9.17) is 10.5 Å². The lowest BCUT2D eigenvalue weighted by molar-refractivity contribution is -0.904. The maximum absolute atomic E-state index is 14.5. The average Bonchev–Trinajstić information content (AvgIpc) is 3.05. The van der Waals surface area contributed by atoms with Gasteiger partial charge in [-0.1, -0.05) is 19.9 Å². The van der Waals surface area contributed by atoms with Crippen molar-refractivity contribution in [2.45, 2.75) is 65.2 Å². The van der Waals surface area contributed by atoms with Gasteiger partial charge < -0.3 is 0 Å². The summed E-state index contributed by atoms with van der Waals surface area (Å²) >= 11 is 0. The summed E-state index contributed by atoms with van der Waals surface area (Å²) in [5, 5.41) is 17.7. The van der Waals surface area contributed by atoms with Gasteiger partial charge in [0, 0.05) is 16.9 Å². The van der Waals surface area contributed by atoms with Crippen molar-refractivity contribution in [3.05, 3.63) is 64.7 Å². The summed E-state index contributed by atoms with van der Waals surface area (Å²) in [6.07, 6.45) is 10.3. The Morgan fingerprint density at radius 2 is 1.87 bits per heavy atom. The molecule has 0 amide bonds. The smallest absolute Gasteiger partial charge is 0.222 e. The molecule has 1 aromatic carbocycles. The molecule has 1 aromatic heterocycles. The van der Waals surface area contributed by atoms with Crippen LogP contribution in [0.25, 0.3) is 0 Å². The fourth-order valence-electron chi connectivity index (χ4n) is 6.47. The lowest BCUT2D eigenvalue weighted by atomic mass is 9.54. The average molecular weight is 408 g/mol. The summed E-state index contributed by atoms with van der Waals surface area (Å²) in [7, 11) is 0. The number of nitriles is 1. The van der Waals surface area contributed by atoms with Crippen LogP contribution in [0.15, 0.2) is 36.7 Å². The van der Waals surface area contributed by atoms with Gasteiger partial charge in [-0.25, -0.2) is 4.39 Å². The van der Waals surface area contributed by atoms with Crippen molar-refractivity contribution in [3.8, 4) is 6.07 Å². The molecule has 2 fully saturated rings. The molecule has 3 unspecified atom stereocenters. The Labute approximate surface area is 179 Å². The molecule has 5 rings (SSSR count). The molecule has 30 heavy (non-hydrogen) atoms. The monoisotopic (exact) mass is 407 g/mol. The van der Waals surface area contributed by atoms with Gasteiger partial charge in [-0.2, -0.15) is 5.26 Å². The van der Waals surface area contributed by atoms with Gasteiger partial charge in [0.05, 0.1) is 5.56 Å². The van der Waals surface area contributed by atoms with E-state index in [9.17, 15) is 4.39 Å². The molecule has 3 aliphatic carbocycles. The number of hydrogen-bond donors (Lipinski definition) is 1. The van der Waals surface area contributed by atoms with Crippen LogP contribution in [0.2, 0.25) is 0 Å². The van der Waals surface area contributed by atoms with Gasteiger partial charge in [-0.3, -0.25) is 5.21 Å². The fourth-order valence-corrected chi connectivity index (χ4v) is 6.47. The highest BCUT2D eigenvalue weighted by atomic mass is 19.1. The molecule has 1 heterocycles. The van der Waals surface area contributed by atoms with Gasteiger partial charge in [0.25, 0.3) is 0 Å². The molecular weight excluding hydrogens is 375 g/mol. The van der Waals surface area contributed by atoms with Crippen molar-refractivity contribution in [2.75, 3.05) is 0 Å². The van der Waals surface area contributed by atoms with E-state index in [1.165, 1.54) is 31.2 Å². The zero-order valence-corrected chi connectivity index (χ0v) is 18.2. The van der Waals surface area contributed by atoms with Crippen molar-refractivity contribution in [1.82, 2.24) is 0 Å². The quantitative estimate of drug-likeness (QED) is 0.449. The maximum Gasteiger partial charge on any atom is 0.222 e. The predicted octanol–water partition coefficient (Wildman–Crippen LogP) is 5.71. The van der Waals surface area contributed by atoms with Gasteiger partial charge in [0.2, 0.25) is 12.4 Å². The summed E-state index contributed by atoms with van der Waals surface area (Å²) in [6, 6.07) is 9.40. The molecule has 0 spiro atoms. The van der Waals surface area contributed by atoms with Crippen LogP contribution >= 0.6 is 0 Å². The summed E-state index contributed by atoms with van der Waals surface area (Å²) in [5.74, 6) is 2.65. The van der Waals surface area contributed by atoms with Gasteiger partial charge in [0.15, 0.2) is 0 Å². The summed E-state index contributed by atoms with van der Waals surface area (Å²) in [5.41, 5.74) is 3.93. The largest absolute Gasteiger partial charge is 0.285 e. The topological polar surface area (TPSA) is 47.9 Å². The Morgan fingerprint density at radius 1 is 1.13 bits per heavy atom. The molecule has 1 N–H and O–H groups in total. The van der Waals surface area contributed by atoms with Gasteiger partial charge in [-0.15, -0.1) is 0 Å². The van der Waals surface area contributed by atoms with Gasteiger partial charge in [0.1, 0.15) is 11.9 Å². The van der Waals surface area contributed by atoms with Crippen molar-refractivity contribution >= 4 is 0 Å². The van der Waals surface area contributed by atoms with Crippen LogP contribution in [0.5, 0.6) is 0 Å². The lowest BCUT2D eigenvalue weighted by Crippen LogP contribution is -2.41. The molecule has 4 heteroatoms. The van der Waals surface area contributed by atoms with Crippen molar-refractivity contribution in [3.63, 3.8) is 0 Å². The third-order valence-electron chi connectivity index (χ3n) is 8.42. The predicted molar refractivity (Wildman–Crippen MR) is 113 cm³/mol. The maximum atomic E-state index is 14.5. The van der Waals surface area contributed by atoms with Crippen LogP contribution in [-0.2, 0) is 6.42 Å². The normalized spacial score (nSPS) is 31.4. The van der Waals surface area contributed by atoms with Crippen molar-refractivity contribution in [2.24, 2.45) is 23.2 Å². The first kappa shape index (κ1) is 20.8. The second-order valence-corrected chi connectivity index (χ2v) is 9.80. The molecule has 2 saturated carbocycles. The van der Waals surface area contributed by atoms with Crippen LogP contribution in [0.3, 0.4) is 0 Å². The third kappa shape index (κ3) is 3.49. The summed E-state index contributed by atoms with van der Waals surface area (Å²) in [6.45, 7) is 6.90. The minimum absolute atomic E-state index is 0.215. The fraction of sp³-hybridized carbons (Fsp3) is 0.538. The molecule has 0 bridgehead atoms. The second-order valence-electron chi connectivity index (χ2n) is 9.80. The van der Waals surface area contributed by atoms with Crippen LogP contribution in [0, 0.1) is 47.2 Å². The van der Waals surface area contributed by atoms with E-state index in [0.29, 0.717) is 11.3 Å². The Morgan fingerprint density at radius 3 is 2.53 bits per heavy atom. The van der Waals surface area contributed by atoms with E-state index in [-0.39, 0.29) is 11.4 Å². The van der Waals surface area contributed by atoms with Gasteiger partial charge in [-0.05, 0) is 97.3 Å². The van der Waals surface area contributed by atoms with E-state index in [0.717, 1.165) is 46.5 Å². The molecule has 5 atom stereocenters. The highest BCUT2D eigenvalue weighted by Crippen LogP contribution is 2.62. The second kappa shape index (κ2) is 8.02. The van der Waals surface area contributed by atoms with E-state index >= 15 is 0 Å². The Bertz CT molecular complexity index is 943. The van der Waals surface area contributed by atoms with Crippen molar-refractivity contribution < 1.29 is 14.3 Å². The SMILES string of the molecule is C[C@H]1CCC2C3CCc4c(ccc(C#N)c4F)C3CC[C@@]21C.Cc1cc[n+](O)cc1. The number of rotatable bonds is 0. The van der Waals surface area contributed by atoms with Crippen LogP contribution in [-0.4, -0.2) is 5.21 Å². The molecule has 0 radical (unpaired) electrons. The molecule has 3 aliphatic rings. The van der Waals surface area contributed by atoms with Crippen LogP contribution < -0.4 is 4.73 Å². The third-order valence-corrected chi connectivity index (χ3v) is 8.42. The molecule has 2 aromatic rings. The van der Waals surface area contributed by atoms with Crippen LogP contribution in [0.1, 0.15) is 74.1 Å². The van der Waals surface area contributed by atoms with E-state index in [1.807, 2.05) is 25.1 Å². The zero-order chi connectivity index (χ0) is 21.5. The number of fused-ring (bicyclic) bond motifs is 5. The molecular formula is C26H32FN2O+. The molecule has 158 valence electrons. The van der Waals surface area contributed by atoms with Crippen LogP contribution in [0.4, 0.5) is 4.39 Å². The number of aryl methyl sites for hydroxylation is 1. The first-order valence-electron chi connectivity index (χ1n) is 11.2. The molecule has 0 saturated heterocycles. The Balaban J connectivity index is 0.000000230. The number of aromatic nitrogens is 1. The minimum atomic E-state index is -0.244. The molecule has 0 aliphatic heterocycles. The number of benzene rings is 1. The van der Waals surface area contributed by atoms with E-state index < -0.39 is 0 Å². The zero-order valence-electron chi connectivity index (χ0n) is 18.2. The standard InChI is InChI=1S/C20H24FN.C6H8NO/c1-12-3-8-18-16-6-7-17-14(5-4-13(11-22)19(17)21)15(16)9-10-20(12,18)2;1-6-2-4-7(8)5-3-6/h4-5,12,15-16,18H,3,6-10H2,1-2H3;2-5,8H,1H3/q;+1/t12-,15?,16?,18?,20+;/m0./s1. The van der Waals surface area contributed by atoms with Crippen molar-refractivity contribution in [1.29, 1.82) is 5.26 Å². The van der Waals surface area contributed by atoms with E-state index in [1.54, 1.807) is 18.5 Å². The number of pyridine rings is 1. The highest BCUT2D eigenvalue weighted by Gasteiger charge is 2.53. The minimum Gasteiger partial charge on any atom is -0.285 e. The summed E-state index contributed by atoms with van der Waals surface area (Å²) in [4.78, 5) is 0. The number of hydrogen-bond acceptors (Lipinski definition) is 2. The summed E-state index contributed by atoms with van der Waals surface area (Å²) < 4.78 is 15.5. The lowest BCUT2D eigenvalue weighted by Gasteiger charge is -2.50. The Kier molecular flexibility index (Phi) is 5.57. The molecule has 3 nitrogen and oxygen atoms in total. The number of halogens is 1. The number of nitrogens with zero attached hydrogens (tertiary/aromatic N) is 2. The Hall–Kier alpha value is -2.41. The first-order valence-corrected chi connectivity index (χ1v) is 11.2. The highest BCUT2D eigenvalue weighted by molar-refractivity contribution is 5.43. The van der Waals surface area contributed by atoms with E-state index in [2.05, 4.69) is 19.9 Å².